The lowest BCUT2D eigenvalue weighted by atomic mass is 10.2. The van der Waals surface area contributed by atoms with E-state index in [1.807, 2.05) is 0 Å². The molecule has 2 aromatic rings. The van der Waals surface area contributed by atoms with E-state index in [1.165, 1.54) is 0 Å². The van der Waals surface area contributed by atoms with Gasteiger partial charge in [0.2, 0.25) is 0 Å². The molecule has 6 nitrogen and oxygen atoms in total. The van der Waals surface area contributed by atoms with Gasteiger partial charge in [-0.05, 0) is 24.3 Å². The third-order valence-corrected chi connectivity index (χ3v) is 2.33. The maximum atomic E-state index is 11.3. The Morgan fingerprint density at radius 2 is 1.62 bits per heavy atom. The van der Waals surface area contributed by atoms with Crippen molar-refractivity contribution in [1.29, 1.82) is 0 Å². The first-order valence-corrected chi connectivity index (χ1v) is 4.80. The minimum atomic E-state index is -0.520. The van der Waals surface area contributed by atoms with Crippen molar-refractivity contribution in [2.24, 2.45) is 5.73 Å². The van der Waals surface area contributed by atoms with Crippen LogP contribution in [0.1, 0.15) is 5.56 Å². The second kappa shape index (κ2) is 3.78. The highest BCUT2D eigenvalue weighted by Crippen LogP contribution is 2.05. The van der Waals surface area contributed by atoms with Crippen LogP contribution >= 0.6 is 12.2 Å². The highest BCUT2D eigenvalue weighted by atomic mass is 32.1. The molecule has 0 aliphatic heterocycles. The molecule has 16 heavy (non-hydrogen) atoms. The van der Waals surface area contributed by atoms with Crippen molar-refractivity contribution in [3.05, 3.63) is 50.8 Å². The Morgan fingerprint density at radius 1 is 1.12 bits per heavy atom. The number of hydrogen-bond donors (Lipinski definition) is 3. The lowest BCUT2D eigenvalue weighted by Gasteiger charge is -2.01. The van der Waals surface area contributed by atoms with Crippen LogP contribution in [0.25, 0.3) is 5.69 Å². The molecule has 0 saturated heterocycles. The molecule has 0 aliphatic carbocycles. The molecule has 1 aromatic heterocycles. The second-order valence-corrected chi connectivity index (χ2v) is 3.55. The van der Waals surface area contributed by atoms with E-state index in [-0.39, 0.29) is 4.99 Å². The fourth-order valence-electron chi connectivity index (χ4n) is 1.32. The SMILES string of the molecule is NC(=S)c1ccc(-n2c(=O)[nH][nH]c2=O)cc1. The van der Waals surface area contributed by atoms with Crippen LogP contribution in [0, 0.1) is 0 Å². The van der Waals surface area contributed by atoms with Crippen LogP contribution in [-0.4, -0.2) is 19.8 Å². The van der Waals surface area contributed by atoms with Crippen LogP contribution in [0.2, 0.25) is 0 Å². The second-order valence-electron chi connectivity index (χ2n) is 3.11. The number of aromatic nitrogens is 3. The summed E-state index contributed by atoms with van der Waals surface area (Å²) in [6, 6.07) is 6.49. The van der Waals surface area contributed by atoms with Crippen LogP contribution in [0.4, 0.5) is 0 Å². The average Bonchev–Trinajstić information content (AvgIpc) is 2.59. The van der Waals surface area contributed by atoms with Gasteiger partial charge in [-0.25, -0.2) is 24.4 Å². The molecule has 2 rings (SSSR count). The molecular formula is C9H8N4O2S. The normalized spacial score (nSPS) is 10.2. The predicted octanol–water partition coefficient (Wildman–Crippen LogP) is -0.512. The summed E-state index contributed by atoms with van der Waals surface area (Å²) in [4.78, 5) is 22.8. The number of thiocarbonyl (C=S) groups is 1. The lowest BCUT2D eigenvalue weighted by Crippen LogP contribution is -2.24. The van der Waals surface area contributed by atoms with Crippen LogP contribution < -0.4 is 17.1 Å². The van der Waals surface area contributed by atoms with Crippen LogP contribution in [0.3, 0.4) is 0 Å². The molecule has 0 aliphatic rings. The van der Waals surface area contributed by atoms with Crippen molar-refractivity contribution >= 4 is 17.2 Å². The van der Waals surface area contributed by atoms with Gasteiger partial charge in [0.1, 0.15) is 4.99 Å². The third kappa shape index (κ3) is 1.68. The Bertz CT molecular complexity index is 607. The molecule has 4 N–H and O–H groups in total. The van der Waals surface area contributed by atoms with Gasteiger partial charge in [0.15, 0.2) is 0 Å². The summed E-state index contributed by atoms with van der Waals surface area (Å²) in [7, 11) is 0. The lowest BCUT2D eigenvalue weighted by molar-refractivity contribution is 0.952. The van der Waals surface area contributed by atoms with E-state index in [0.717, 1.165) is 4.57 Å². The number of nitrogens with two attached hydrogens (primary N) is 1. The van der Waals surface area contributed by atoms with Gasteiger partial charge in [-0.15, -0.1) is 0 Å². The van der Waals surface area contributed by atoms with Gasteiger partial charge in [0.25, 0.3) is 0 Å². The van der Waals surface area contributed by atoms with E-state index in [1.54, 1.807) is 24.3 Å². The Kier molecular flexibility index (Phi) is 2.45. The number of benzene rings is 1. The van der Waals surface area contributed by atoms with Crippen molar-refractivity contribution in [1.82, 2.24) is 14.8 Å². The zero-order chi connectivity index (χ0) is 11.7. The Hall–Kier alpha value is -2.15. The monoisotopic (exact) mass is 236 g/mol. The van der Waals surface area contributed by atoms with Gasteiger partial charge in [-0.2, -0.15) is 0 Å². The third-order valence-electron chi connectivity index (χ3n) is 2.09. The van der Waals surface area contributed by atoms with Crippen LogP contribution in [0.15, 0.2) is 33.9 Å². The number of rotatable bonds is 2. The Morgan fingerprint density at radius 3 is 2.06 bits per heavy atom. The molecule has 0 spiro atoms. The fraction of sp³-hybridized carbons (Fsp3) is 0. The zero-order valence-corrected chi connectivity index (χ0v) is 8.88. The highest BCUT2D eigenvalue weighted by Gasteiger charge is 2.05. The maximum Gasteiger partial charge on any atom is 0.348 e. The van der Waals surface area contributed by atoms with E-state index >= 15 is 0 Å². The topological polar surface area (TPSA) is 96.7 Å². The van der Waals surface area contributed by atoms with Gasteiger partial charge in [0.05, 0.1) is 5.69 Å². The van der Waals surface area contributed by atoms with Crippen molar-refractivity contribution in [2.45, 2.75) is 0 Å². The highest BCUT2D eigenvalue weighted by molar-refractivity contribution is 7.80. The van der Waals surface area contributed by atoms with Crippen molar-refractivity contribution in [3.8, 4) is 5.69 Å². The first-order chi connectivity index (χ1) is 7.59. The number of nitrogens with zero attached hydrogens (tertiary/aromatic N) is 1. The quantitative estimate of drug-likeness (QED) is 0.612. The number of aromatic amines is 2. The molecule has 0 bridgehead atoms. The fourth-order valence-corrected chi connectivity index (χ4v) is 1.46. The molecule has 7 heteroatoms. The molecule has 82 valence electrons. The van der Waals surface area contributed by atoms with Crippen LogP contribution in [-0.2, 0) is 0 Å². The zero-order valence-electron chi connectivity index (χ0n) is 8.06. The van der Waals surface area contributed by atoms with Crippen molar-refractivity contribution in [3.63, 3.8) is 0 Å². The summed E-state index contributed by atoms with van der Waals surface area (Å²) in [5, 5.41) is 4.38. The van der Waals surface area contributed by atoms with Crippen molar-refractivity contribution < 1.29 is 0 Å². The smallest absolute Gasteiger partial charge is 0.348 e. The number of nitrogens with one attached hydrogen (secondary N) is 2. The van der Waals surface area contributed by atoms with Crippen molar-refractivity contribution in [2.75, 3.05) is 0 Å². The Labute approximate surface area is 94.7 Å². The summed E-state index contributed by atoms with van der Waals surface area (Å²) < 4.78 is 0.976. The molecule has 0 atom stereocenters. The van der Waals surface area contributed by atoms with Gasteiger partial charge in [-0.3, -0.25) is 0 Å². The Balaban J connectivity index is 2.55. The first-order valence-electron chi connectivity index (χ1n) is 4.39. The van der Waals surface area contributed by atoms with E-state index in [4.69, 9.17) is 18.0 Å². The van der Waals surface area contributed by atoms with E-state index in [0.29, 0.717) is 11.3 Å². The molecule has 0 fully saturated rings. The molecule has 0 unspecified atom stereocenters. The molecule has 0 saturated carbocycles. The first kappa shape index (κ1) is 10.4. The summed E-state index contributed by atoms with van der Waals surface area (Å²) in [5.74, 6) is 0. The predicted molar refractivity (Wildman–Crippen MR) is 62.9 cm³/mol. The molecule has 1 heterocycles. The summed E-state index contributed by atoms with van der Waals surface area (Å²) in [6.07, 6.45) is 0. The van der Waals surface area contributed by atoms with Gasteiger partial charge in [-0.1, -0.05) is 12.2 Å². The van der Waals surface area contributed by atoms with Gasteiger partial charge >= 0.3 is 11.4 Å². The average molecular weight is 236 g/mol. The van der Waals surface area contributed by atoms with E-state index < -0.39 is 11.4 Å². The molecule has 1 aromatic carbocycles. The van der Waals surface area contributed by atoms with E-state index in [9.17, 15) is 9.59 Å². The molecular weight excluding hydrogens is 228 g/mol. The summed E-state index contributed by atoms with van der Waals surface area (Å²) in [6.45, 7) is 0. The number of hydrogen-bond acceptors (Lipinski definition) is 3. The van der Waals surface area contributed by atoms with E-state index in [2.05, 4.69) is 10.2 Å². The summed E-state index contributed by atoms with van der Waals surface area (Å²) >= 11 is 4.79. The van der Waals surface area contributed by atoms with Crippen LogP contribution in [0.5, 0.6) is 0 Å². The molecule has 0 amide bonds. The minimum absolute atomic E-state index is 0.266. The van der Waals surface area contributed by atoms with Gasteiger partial charge in [0, 0.05) is 5.56 Å². The van der Waals surface area contributed by atoms with Gasteiger partial charge < -0.3 is 5.73 Å². The standard InChI is InChI=1S/C9H8N4O2S/c10-7(16)5-1-3-6(4-2-5)13-8(14)11-12-9(13)15/h1-4H,(H2,10,16)(H,11,14)(H,12,15). The molecule has 0 radical (unpaired) electrons. The maximum absolute atomic E-state index is 11.3. The largest absolute Gasteiger partial charge is 0.389 e. The minimum Gasteiger partial charge on any atom is -0.389 e. The number of H-pyrrole nitrogens is 2. The summed E-state index contributed by atoms with van der Waals surface area (Å²) in [5.41, 5.74) is 5.52.